The second kappa shape index (κ2) is 525. The molecular formula is H18Cl4IrN6. The van der Waals surface area contributed by atoms with Crippen molar-refractivity contribution in [2.45, 2.75) is 0 Å². The van der Waals surface area contributed by atoms with Crippen LogP contribution in [0.2, 0.25) is 0 Å². The average molecular weight is 436 g/mol. The first-order valence-corrected chi connectivity index (χ1v) is 0. The van der Waals surface area contributed by atoms with Crippen LogP contribution in [0.3, 0.4) is 0 Å². The first kappa shape index (κ1) is 683. The van der Waals surface area contributed by atoms with Gasteiger partial charge < -0.3 is 86.5 Å². The molecule has 0 aromatic rings. The molecule has 0 bridgehead atoms. The molecule has 0 aliphatic carbocycles. The van der Waals surface area contributed by atoms with Crippen molar-refractivity contribution in [2.24, 2.45) is 0 Å². The molecule has 0 fully saturated rings. The van der Waals surface area contributed by atoms with Gasteiger partial charge in [-0.2, -0.15) is 0 Å². The summed E-state index contributed by atoms with van der Waals surface area (Å²) in [5, 5.41) is 0. The molecule has 1 radical (unpaired) electrons. The van der Waals surface area contributed by atoms with Crippen LogP contribution in [0.1, 0.15) is 0 Å². The molecule has 0 saturated heterocycles. The van der Waals surface area contributed by atoms with Gasteiger partial charge in [0.1, 0.15) is 0 Å². The Bertz CT molecular complexity index is 14.5. The molecule has 0 amide bonds. The van der Waals surface area contributed by atoms with Gasteiger partial charge in [0.15, 0.2) is 0 Å². The van der Waals surface area contributed by atoms with E-state index < -0.39 is 0 Å². The summed E-state index contributed by atoms with van der Waals surface area (Å²) in [6.07, 6.45) is 0. The fourth-order valence-corrected chi connectivity index (χ4v) is 0. The van der Waals surface area contributed by atoms with Gasteiger partial charge in [0.25, 0.3) is 0 Å². The van der Waals surface area contributed by atoms with Crippen LogP contribution in [0.15, 0.2) is 0 Å². The van der Waals surface area contributed by atoms with Gasteiger partial charge in [-0.05, 0) is 0 Å². The first-order chi connectivity index (χ1) is 0. The molecule has 0 atom stereocenters. The topological polar surface area (TPSA) is 210 Å². The third kappa shape index (κ3) is 430. The van der Waals surface area contributed by atoms with Gasteiger partial charge in [0.05, 0.1) is 0 Å². The molecule has 0 rings (SSSR count). The van der Waals surface area contributed by atoms with Crippen molar-refractivity contribution in [3.63, 3.8) is 0 Å². The summed E-state index contributed by atoms with van der Waals surface area (Å²) in [5.74, 6) is 0. The maximum Gasteiger partial charge on any atom is 4.00 e. The Hall–Kier alpha value is 1.57. The molecule has 11 heavy (non-hydrogen) atoms. The minimum absolute atomic E-state index is 0. The van der Waals surface area contributed by atoms with Gasteiger partial charge in [-0.3, -0.25) is 0 Å². The normalized spacial score (nSPS) is 0. The van der Waals surface area contributed by atoms with Crippen molar-refractivity contribution in [3.05, 3.63) is 0 Å². The minimum atomic E-state index is 0. The Morgan fingerprint density at radius 3 is 0.273 bits per heavy atom. The van der Waals surface area contributed by atoms with Crippen molar-refractivity contribution in [1.29, 1.82) is 0 Å². The van der Waals surface area contributed by atoms with Crippen molar-refractivity contribution >= 4 is 0 Å². The number of halogens is 4. The third-order valence-electron chi connectivity index (χ3n) is 0. The Morgan fingerprint density at radius 1 is 0.273 bits per heavy atom. The van der Waals surface area contributed by atoms with Gasteiger partial charge >= 0.3 is 20.1 Å². The quantitative estimate of drug-likeness (QED) is 0.217. The smallest absolute Gasteiger partial charge is 1.00 e. The largest absolute Gasteiger partial charge is 4.00 e. The molecule has 0 saturated carbocycles. The van der Waals surface area contributed by atoms with E-state index in [4.69, 9.17) is 0 Å². The maximum atomic E-state index is 0. The Balaban J connectivity index is 0. The summed E-state index contributed by atoms with van der Waals surface area (Å²) in [7, 11) is 0. The summed E-state index contributed by atoms with van der Waals surface area (Å²) < 4.78 is 0. The average Bonchev–Trinajstić information content (AvgIpc) is 0. The summed E-state index contributed by atoms with van der Waals surface area (Å²) >= 11 is 0. The van der Waals surface area contributed by atoms with Crippen LogP contribution in [-0.4, -0.2) is 0 Å². The zero-order chi connectivity index (χ0) is 0. The van der Waals surface area contributed by atoms with E-state index in [2.05, 4.69) is 0 Å². The van der Waals surface area contributed by atoms with Crippen LogP contribution in [0.5, 0.6) is 0 Å². The van der Waals surface area contributed by atoms with E-state index >= 15 is 0 Å². The first-order valence-electron chi connectivity index (χ1n) is 0. The molecule has 0 aliphatic heterocycles. The van der Waals surface area contributed by atoms with E-state index in [1.165, 1.54) is 0 Å². The van der Waals surface area contributed by atoms with Crippen LogP contribution in [0.25, 0.3) is 0 Å². The zero-order valence-electron chi connectivity index (χ0n) is 6.09. The second-order valence-corrected chi connectivity index (χ2v) is 0. The van der Waals surface area contributed by atoms with Crippen molar-refractivity contribution in [3.8, 4) is 0 Å². The molecule has 11 heteroatoms. The van der Waals surface area contributed by atoms with E-state index in [9.17, 15) is 0 Å². The van der Waals surface area contributed by atoms with Gasteiger partial charge in [0.2, 0.25) is 0 Å². The molecule has 0 unspecified atom stereocenters. The molecule has 18 N–H and O–H groups in total. The summed E-state index contributed by atoms with van der Waals surface area (Å²) in [5.41, 5.74) is 0. The Morgan fingerprint density at radius 2 is 0.273 bits per heavy atom. The molecule has 0 spiro atoms. The van der Waals surface area contributed by atoms with E-state index in [0.717, 1.165) is 0 Å². The van der Waals surface area contributed by atoms with Crippen LogP contribution >= 0.6 is 0 Å². The second-order valence-electron chi connectivity index (χ2n) is 0. The summed E-state index contributed by atoms with van der Waals surface area (Å²) in [6.45, 7) is 0. The van der Waals surface area contributed by atoms with Gasteiger partial charge in [0, 0.05) is 0 Å². The standard InChI is InChI=1S/4ClH.Ir.6H3N/h4*1H;;6*1H3/q;;;;+4;;;;;;/p-4. The molecule has 0 heterocycles. The summed E-state index contributed by atoms with van der Waals surface area (Å²) in [4.78, 5) is 0. The fourth-order valence-electron chi connectivity index (χ4n) is 0. The Kier molecular flexibility index (Phi) is 32600. The molecular weight excluding hydrogens is 418 g/mol. The Labute approximate surface area is 106 Å². The zero-order valence-corrected chi connectivity index (χ0v) is 11.5. The van der Waals surface area contributed by atoms with E-state index in [-0.39, 0.29) is 107 Å². The third-order valence-corrected chi connectivity index (χ3v) is 0. The van der Waals surface area contributed by atoms with Crippen LogP contribution in [0, 0.1) is 0 Å². The molecule has 0 aromatic heterocycles. The molecule has 85 valence electrons. The van der Waals surface area contributed by atoms with Crippen LogP contribution in [0.4, 0.5) is 0 Å². The number of hydrogen-bond acceptors (Lipinski definition) is 6. The predicted octanol–water partition coefficient (Wildman–Crippen LogP) is -11.0. The van der Waals surface area contributed by atoms with Gasteiger partial charge in [-0.15, -0.1) is 0 Å². The maximum absolute atomic E-state index is 0. The monoisotopic (exact) mass is 435 g/mol. The fraction of sp³-hybridized carbons (Fsp3) is 0. The molecule has 6 nitrogen and oxygen atoms in total. The van der Waals surface area contributed by atoms with E-state index in [1.54, 1.807) is 0 Å². The SMILES string of the molecule is N.N.N.N.N.N.[Cl-].[Cl-].[Cl-].[Cl-].[Ir+4]. The van der Waals surface area contributed by atoms with Crippen LogP contribution < -0.4 is 86.5 Å². The summed E-state index contributed by atoms with van der Waals surface area (Å²) in [6, 6.07) is 0. The molecule has 0 aromatic carbocycles. The van der Waals surface area contributed by atoms with Crippen molar-refractivity contribution in [2.75, 3.05) is 0 Å². The van der Waals surface area contributed by atoms with Gasteiger partial charge in [-0.1, -0.05) is 0 Å². The van der Waals surface area contributed by atoms with E-state index in [1.807, 2.05) is 0 Å². The van der Waals surface area contributed by atoms with Crippen molar-refractivity contribution < 1.29 is 69.7 Å². The van der Waals surface area contributed by atoms with Gasteiger partial charge in [-0.25, -0.2) is 0 Å². The number of rotatable bonds is 0. The van der Waals surface area contributed by atoms with E-state index in [0.29, 0.717) is 0 Å². The predicted molar refractivity (Wildman–Crippen MR) is 30.1 cm³/mol. The van der Waals surface area contributed by atoms with Crippen molar-refractivity contribution in [1.82, 2.24) is 36.9 Å². The molecule has 0 aliphatic rings. The number of hydrogen-bond donors (Lipinski definition) is 6. The minimum Gasteiger partial charge on any atom is -1.00 e. The van der Waals surface area contributed by atoms with Crippen LogP contribution in [-0.2, 0) is 20.1 Å².